The monoisotopic (exact) mass is 368 g/mol. The zero-order valence-corrected chi connectivity index (χ0v) is 16.0. The van der Waals surface area contributed by atoms with Crippen LogP contribution in [0, 0.1) is 6.92 Å². The van der Waals surface area contributed by atoms with Gasteiger partial charge in [-0.05, 0) is 33.0 Å². The second-order valence-electron chi connectivity index (χ2n) is 6.49. The third-order valence-electron chi connectivity index (χ3n) is 4.46. The zero-order chi connectivity index (χ0) is 18.4. The van der Waals surface area contributed by atoms with E-state index in [1.54, 1.807) is 24.3 Å². The van der Waals surface area contributed by atoms with Gasteiger partial charge in [0.05, 0.1) is 11.4 Å². The van der Waals surface area contributed by atoms with Crippen molar-refractivity contribution in [1.29, 1.82) is 0 Å². The first kappa shape index (κ1) is 19.8. The average molecular weight is 369 g/mol. The van der Waals surface area contributed by atoms with Gasteiger partial charge in [-0.15, -0.1) is 0 Å². The van der Waals surface area contributed by atoms with Crippen molar-refractivity contribution in [2.24, 2.45) is 0 Å². The van der Waals surface area contributed by atoms with E-state index in [2.05, 4.69) is 10.6 Å². The van der Waals surface area contributed by atoms with Crippen molar-refractivity contribution in [2.75, 3.05) is 46.3 Å². The van der Waals surface area contributed by atoms with Crippen molar-refractivity contribution < 1.29 is 13.2 Å². The predicted octanol–water partition coefficient (Wildman–Crippen LogP) is 0.0254. The lowest BCUT2D eigenvalue weighted by atomic mass is 10.2. The van der Waals surface area contributed by atoms with E-state index in [4.69, 9.17) is 0 Å². The van der Waals surface area contributed by atoms with Gasteiger partial charge in [-0.2, -0.15) is 4.31 Å². The van der Waals surface area contributed by atoms with Crippen LogP contribution < -0.4 is 10.6 Å². The lowest BCUT2D eigenvalue weighted by Gasteiger charge is -2.33. The summed E-state index contributed by atoms with van der Waals surface area (Å²) in [6.07, 6.45) is 0. The number of likely N-dealkylation sites (N-methyl/N-ethyl adjacent to an activating group) is 1. The first-order valence-corrected chi connectivity index (χ1v) is 10.00. The summed E-state index contributed by atoms with van der Waals surface area (Å²) in [7, 11) is -1.61. The van der Waals surface area contributed by atoms with Gasteiger partial charge >= 0.3 is 0 Å². The SMILES string of the molecule is CNC(C)CNC(=O)CN1CCN(S(=O)(=O)c2ccc(C)cc2)CC1. The molecule has 25 heavy (non-hydrogen) atoms. The number of hydrogen-bond acceptors (Lipinski definition) is 5. The van der Waals surface area contributed by atoms with E-state index in [-0.39, 0.29) is 11.9 Å². The maximum atomic E-state index is 12.7. The van der Waals surface area contributed by atoms with Crippen LogP contribution in [0.5, 0.6) is 0 Å². The number of sulfonamides is 1. The molecule has 0 saturated carbocycles. The van der Waals surface area contributed by atoms with Crippen LogP contribution in [0.2, 0.25) is 0 Å². The molecule has 0 aromatic heterocycles. The minimum atomic E-state index is -3.46. The highest BCUT2D eigenvalue weighted by atomic mass is 32.2. The van der Waals surface area contributed by atoms with Crippen LogP contribution in [-0.4, -0.2) is 75.9 Å². The number of nitrogens with one attached hydrogen (secondary N) is 2. The number of aryl methyl sites for hydroxylation is 1. The topological polar surface area (TPSA) is 81.8 Å². The average Bonchev–Trinajstić information content (AvgIpc) is 2.60. The van der Waals surface area contributed by atoms with Gasteiger partial charge in [0.2, 0.25) is 15.9 Å². The van der Waals surface area contributed by atoms with E-state index in [0.717, 1.165) is 5.56 Å². The van der Waals surface area contributed by atoms with Crippen LogP contribution in [-0.2, 0) is 14.8 Å². The Morgan fingerprint density at radius 3 is 2.32 bits per heavy atom. The molecule has 1 aliphatic heterocycles. The molecular formula is C17H28N4O3S. The Balaban J connectivity index is 1.84. The Hall–Kier alpha value is -1.48. The van der Waals surface area contributed by atoms with E-state index < -0.39 is 10.0 Å². The fraction of sp³-hybridized carbons (Fsp3) is 0.588. The van der Waals surface area contributed by atoms with E-state index in [9.17, 15) is 13.2 Å². The number of carbonyl (C=O) groups excluding carboxylic acids is 1. The van der Waals surface area contributed by atoms with Gasteiger partial charge in [0, 0.05) is 38.8 Å². The summed E-state index contributed by atoms with van der Waals surface area (Å²) in [6.45, 7) is 6.71. The third-order valence-corrected chi connectivity index (χ3v) is 6.37. The molecule has 1 heterocycles. The van der Waals surface area contributed by atoms with E-state index >= 15 is 0 Å². The highest BCUT2D eigenvalue weighted by molar-refractivity contribution is 7.89. The Morgan fingerprint density at radius 1 is 1.16 bits per heavy atom. The summed E-state index contributed by atoms with van der Waals surface area (Å²) < 4.78 is 26.8. The van der Waals surface area contributed by atoms with E-state index in [0.29, 0.717) is 44.2 Å². The molecule has 1 amide bonds. The van der Waals surface area contributed by atoms with Crippen molar-refractivity contribution in [3.8, 4) is 0 Å². The molecule has 1 aromatic carbocycles. The van der Waals surface area contributed by atoms with Crippen LogP contribution in [0.3, 0.4) is 0 Å². The van der Waals surface area contributed by atoms with E-state index in [1.807, 2.05) is 25.8 Å². The molecule has 2 N–H and O–H groups in total. The summed E-state index contributed by atoms with van der Waals surface area (Å²) in [6, 6.07) is 7.13. The molecule has 8 heteroatoms. The largest absolute Gasteiger partial charge is 0.353 e. The summed E-state index contributed by atoms with van der Waals surface area (Å²) in [5, 5.41) is 5.94. The second kappa shape index (κ2) is 8.75. The molecular weight excluding hydrogens is 340 g/mol. The van der Waals surface area contributed by atoms with Crippen LogP contribution >= 0.6 is 0 Å². The molecule has 0 bridgehead atoms. The molecule has 1 unspecified atom stereocenters. The number of hydrogen-bond donors (Lipinski definition) is 2. The summed E-state index contributed by atoms with van der Waals surface area (Å²) in [4.78, 5) is 14.3. The highest BCUT2D eigenvalue weighted by Crippen LogP contribution is 2.18. The number of nitrogens with zero attached hydrogens (tertiary/aromatic N) is 2. The van der Waals surface area contributed by atoms with Crippen molar-refractivity contribution in [2.45, 2.75) is 24.8 Å². The molecule has 0 aliphatic carbocycles. The molecule has 7 nitrogen and oxygen atoms in total. The first-order valence-electron chi connectivity index (χ1n) is 8.56. The lowest BCUT2D eigenvalue weighted by Crippen LogP contribution is -2.51. The van der Waals surface area contributed by atoms with Crippen LogP contribution in [0.25, 0.3) is 0 Å². The second-order valence-corrected chi connectivity index (χ2v) is 8.43. The van der Waals surface area contributed by atoms with Gasteiger partial charge in [-0.25, -0.2) is 8.42 Å². The quantitative estimate of drug-likeness (QED) is 0.709. The standard InChI is InChI=1S/C17H28N4O3S/c1-14-4-6-16(7-5-14)25(23,24)21-10-8-20(9-11-21)13-17(22)19-12-15(2)18-3/h4-7,15,18H,8-13H2,1-3H3,(H,19,22). The summed E-state index contributed by atoms with van der Waals surface area (Å²) in [5.74, 6) is -0.0306. The van der Waals surface area contributed by atoms with Gasteiger partial charge in [-0.1, -0.05) is 17.7 Å². The zero-order valence-electron chi connectivity index (χ0n) is 15.2. The molecule has 1 saturated heterocycles. The fourth-order valence-corrected chi connectivity index (χ4v) is 4.04. The normalized spacial score (nSPS) is 18.0. The smallest absolute Gasteiger partial charge is 0.243 e. The summed E-state index contributed by atoms with van der Waals surface area (Å²) >= 11 is 0. The van der Waals surface area contributed by atoms with Crippen molar-refractivity contribution in [1.82, 2.24) is 19.8 Å². The Bertz CT molecular complexity index is 668. The molecule has 1 fully saturated rings. The fourth-order valence-electron chi connectivity index (χ4n) is 2.62. The number of rotatable bonds is 7. The van der Waals surface area contributed by atoms with Gasteiger partial charge < -0.3 is 10.6 Å². The van der Waals surface area contributed by atoms with Crippen molar-refractivity contribution in [3.63, 3.8) is 0 Å². The van der Waals surface area contributed by atoms with Crippen molar-refractivity contribution in [3.05, 3.63) is 29.8 Å². The predicted molar refractivity (Wildman–Crippen MR) is 97.9 cm³/mol. The maximum Gasteiger partial charge on any atom is 0.243 e. The number of piperazine rings is 1. The summed E-state index contributed by atoms with van der Waals surface area (Å²) in [5.41, 5.74) is 1.03. The third kappa shape index (κ3) is 5.50. The van der Waals surface area contributed by atoms with Crippen LogP contribution in [0.1, 0.15) is 12.5 Å². The van der Waals surface area contributed by atoms with E-state index in [1.165, 1.54) is 4.31 Å². The molecule has 1 atom stereocenters. The molecule has 140 valence electrons. The van der Waals surface area contributed by atoms with Crippen LogP contribution in [0.15, 0.2) is 29.2 Å². The highest BCUT2D eigenvalue weighted by Gasteiger charge is 2.28. The Kier molecular flexibility index (Phi) is 6.95. The van der Waals surface area contributed by atoms with Gasteiger partial charge in [0.1, 0.15) is 0 Å². The van der Waals surface area contributed by atoms with Gasteiger partial charge in [0.15, 0.2) is 0 Å². The first-order chi connectivity index (χ1) is 11.8. The maximum absolute atomic E-state index is 12.7. The molecule has 2 rings (SSSR count). The Labute approximate surface area is 150 Å². The van der Waals surface area contributed by atoms with Crippen molar-refractivity contribution >= 4 is 15.9 Å². The Morgan fingerprint density at radius 2 is 1.76 bits per heavy atom. The minimum absolute atomic E-state index is 0.0306. The lowest BCUT2D eigenvalue weighted by molar-refractivity contribution is -0.122. The van der Waals surface area contributed by atoms with Gasteiger partial charge in [0.25, 0.3) is 0 Å². The number of amides is 1. The molecule has 0 radical (unpaired) electrons. The number of benzene rings is 1. The molecule has 1 aliphatic rings. The molecule has 1 aromatic rings. The molecule has 0 spiro atoms. The minimum Gasteiger partial charge on any atom is -0.353 e. The van der Waals surface area contributed by atoms with Gasteiger partial charge in [-0.3, -0.25) is 9.69 Å². The van der Waals surface area contributed by atoms with Crippen LogP contribution in [0.4, 0.5) is 0 Å². The number of carbonyl (C=O) groups is 1.